The van der Waals surface area contributed by atoms with Crippen LogP contribution in [0.3, 0.4) is 0 Å². The number of pyridine rings is 1. The van der Waals surface area contributed by atoms with Gasteiger partial charge in [-0.25, -0.2) is 4.79 Å². The van der Waals surface area contributed by atoms with Gasteiger partial charge in [-0.05, 0) is 67.9 Å². The van der Waals surface area contributed by atoms with E-state index in [1.807, 2.05) is 30.3 Å². The quantitative estimate of drug-likeness (QED) is 0.755. The predicted molar refractivity (Wildman–Crippen MR) is 102 cm³/mol. The number of aromatic nitrogens is 1. The van der Waals surface area contributed by atoms with Crippen LogP contribution in [0.2, 0.25) is 5.02 Å². The van der Waals surface area contributed by atoms with Crippen molar-refractivity contribution in [2.75, 3.05) is 0 Å². The summed E-state index contributed by atoms with van der Waals surface area (Å²) >= 11 is 6.04. The van der Waals surface area contributed by atoms with Crippen molar-refractivity contribution >= 4 is 17.6 Å². The predicted octanol–water partition coefficient (Wildman–Crippen LogP) is 3.09. The molecule has 26 heavy (non-hydrogen) atoms. The molecule has 2 amide bonds. The number of benzene rings is 1. The Kier molecular flexibility index (Phi) is 4.49. The van der Waals surface area contributed by atoms with Gasteiger partial charge in [-0.2, -0.15) is 0 Å². The summed E-state index contributed by atoms with van der Waals surface area (Å²) in [5.74, 6) is 0. The van der Waals surface area contributed by atoms with Crippen LogP contribution in [0.5, 0.6) is 0 Å². The van der Waals surface area contributed by atoms with Crippen LogP contribution in [0.1, 0.15) is 41.6 Å². The summed E-state index contributed by atoms with van der Waals surface area (Å²) in [6.07, 6.45) is 5.67. The molecule has 0 unspecified atom stereocenters. The molecular weight excluding hydrogens is 350 g/mol. The molecule has 0 aliphatic heterocycles. The first-order chi connectivity index (χ1) is 12.5. The molecule has 0 bridgehead atoms. The van der Waals surface area contributed by atoms with E-state index in [0.717, 1.165) is 49.8 Å². The smallest absolute Gasteiger partial charge is 0.315 e. The number of hydrogen-bond acceptors (Lipinski definition) is 2. The molecule has 0 spiro atoms. The van der Waals surface area contributed by atoms with Crippen LogP contribution in [-0.4, -0.2) is 16.6 Å². The Morgan fingerprint density at radius 2 is 2.08 bits per heavy atom. The fraction of sp³-hybridized carbons (Fsp3) is 0.400. The van der Waals surface area contributed by atoms with Crippen molar-refractivity contribution in [2.24, 2.45) is 0 Å². The highest BCUT2D eigenvalue weighted by atomic mass is 35.5. The van der Waals surface area contributed by atoms with Gasteiger partial charge in [0.2, 0.25) is 0 Å². The number of nitrogens with one attached hydrogen (secondary N) is 3. The van der Waals surface area contributed by atoms with Crippen LogP contribution in [0.4, 0.5) is 4.79 Å². The highest BCUT2D eigenvalue weighted by molar-refractivity contribution is 6.30. The highest BCUT2D eigenvalue weighted by Crippen LogP contribution is 2.38. The molecule has 6 heteroatoms. The van der Waals surface area contributed by atoms with E-state index in [1.54, 1.807) is 0 Å². The average molecular weight is 372 g/mol. The molecule has 5 nitrogen and oxygen atoms in total. The summed E-state index contributed by atoms with van der Waals surface area (Å²) in [7, 11) is 0. The standard InChI is InChI=1S/C20H22ClN3O2/c21-16-5-1-3-13(9-16)11-20(7-8-20)24-19(26)22-12-15-10-14-4-2-6-17(14)23-18(15)25/h1,3,5,9-10H,2,4,6-8,11-12H2,(H,23,25)(H2,22,24,26). The molecule has 1 aromatic carbocycles. The number of hydrogen-bond donors (Lipinski definition) is 3. The van der Waals surface area contributed by atoms with E-state index in [0.29, 0.717) is 10.6 Å². The third-order valence-corrected chi connectivity index (χ3v) is 5.50. The summed E-state index contributed by atoms with van der Waals surface area (Å²) in [4.78, 5) is 27.4. The van der Waals surface area contributed by atoms with Gasteiger partial charge in [0.1, 0.15) is 0 Å². The minimum Gasteiger partial charge on any atom is -0.334 e. The van der Waals surface area contributed by atoms with E-state index in [-0.39, 0.29) is 23.7 Å². The number of halogens is 1. The second-order valence-electron chi connectivity index (χ2n) is 7.38. The lowest BCUT2D eigenvalue weighted by molar-refractivity contribution is 0.235. The molecule has 1 aromatic heterocycles. The van der Waals surface area contributed by atoms with Gasteiger partial charge in [-0.15, -0.1) is 0 Å². The molecular formula is C20H22ClN3O2. The molecule has 1 heterocycles. The molecule has 2 aromatic rings. The van der Waals surface area contributed by atoms with Gasteiger partial charge in [0.05, 0.1) is 0 Å². The van der Waals surface area contributed by atoms with Gasteiger partial charge in [0.15, 0.2) is 0 Å². The summed E-state index contributed by atoms with van der Waals surface area (Å²) in [6, 6.07) is 9.43. The van der Waals surface area contributed by atoms with E-state index in [1.165, 1.54) is 5.56 Å². The molecule has 2 aliphatic carbocycles. The van der Waals surface area contributed by atoms with E-state index in [4.69, 9.17) is 11.6 Å². The number of aryl methyl sites for hydroxylation is 2. The van der Waals surface area contributed by atoms with Crippen molar-refractivity contribution in [3.05, 3.63) is 68.1 Å². The molecule has 0 saturated heterocycles. The van der Waals surface area contributed by atoms with Crippen molar-refractivity contribution in [1.82, 2.24) is 15.6 Å². The number of fused-ring (bicyclic) bond motifs is 1. The molecule has 1 fully saturated rings. The van der Waals surface area contributed by atoms with Gasteiger partial charge < -0.3 is 15.6 Å². The maximum atomic E-state index is 12.3. The molecule has 0 radical (unpaired) electrons. The van der Waals surface area contributed by atoms with Gasteiger partial charge in [0.25, 0.3) is 5.56 Å². The Morgan fingerprint density at radius 3 is 2.85 bits per heavy atom. The summed E-state index contributed by atoms with van der Waals surface area (Å²) in [6.45, 7) is 0.238. The lowest BCUT2D eigenvalue weighted by atomic mass is 10.0. The van der Waals surface area contributed by atoms with Crippen molar-refractivity contribution in [3.8, 4) is 0 Å². The second kappa shape index (κ2) is 6.80. The normalized spacial score (nSPS) is 16.8. The Morgan fingerprint density at radius 1 is 1.23 bits per heavy atom. The van der Waals surface area contributed by atoms with Gasteiger partial charge in [0, 0.05) is 28.4 Å². The number of carbonyl (C=O) groups is 1. The van der Waals surface area contributed by atoms with Crippen molar-refractivity contribution < 1.29 is 4.79 Å². The maximum absolute atomic E-state index is 12.3. The van der Waals surface area contributed by atoms with Crippen molar-refractivity contribution in [3.63, 3.8) is 0 Å². The first-order valence-corrected chi connectivity index (χ1v) is 9.45. The summed E-state index contributed by atoms with van der Waals surface area (Å²) in [5.41, 5.74) is 3.67. The van der Waals surface area contributed by atoms with Gasteiger partial charge in [-0.3, -0.25) is 4.79 Å². The monoisotopic (exact) mass is 371 g/mol. The van der Waals surface area contributed by atoms with Crippen molar-refractivity contribution in [2.45, 2.75) is 50.6 Å². The zero-order valence-corrected chi connectivity index (χ0v) is 15.3. The van der Waals surface area contributed by atoms with Gasteiger partial charge in [-0.1, -0.05) is 23.7 Å². The zero-order valence-electron chi connectivity index (χ0n) is 14.5. The Balaban J connectivity index is 1.35. The van der Waals surface area contributed by atoms with Crippen LogP contribution in [-0.2, 0) is 25.8 Å². The average Bonchev–Trinajstić information content (AvgIpc) is 3.18. The fourth-order valence-corrected chi connectivity index (χ4v) is 3.90. The van der Waals surface area contributed by atoms with E-state index >= 15 is 0 Å². The fourth-order valence-electron chi connectivity index (χ4n) is 3.69. The molecule has 1 saturated carbocycles. The Labute approximate surface area is 157 Å². The number of H-pyrrole nitrogens is 1. The Bertz CT molecular complexity index is 902. The van der Waals surface area contributed by atoms with Crippen molar-refractivity contribution in [1.29, 1.82) is 0 Å². The first kappa shape index (κ1) is 17.2. The SMILES string of the molecule is O=C(NCc1cc2c([nH]c1=O)CCC2)NC1(Cc2cccc(Cl)c2)CC1. The van der Waals surface area contributed by atoms with E-state index in [2.05, 4.69) is 15.6 Å². The molecule has 2 aliphatic rings. The molecule has 136 valence electrons. The third kappa shape index (κ3) is 3.78. The van der Waals surface area contributed by atoms with Crippen LogP contribution in [0.15, 0.2) is 35.1 Å². The topological polar surface area (TPSA) is 74.0 Å². The molecule has 4 rings (SSSR count). The Hall–Kier alpha value is -2.27. The number of urea groups is 1. The second-order valence-corrected chi connectivity index (χ2v) is 7.81. The van der Waals surface area contributed by atoms with Crippen LogP contribution >= 0.6 is 11.6 Å². The van der Waals surface area contributed by atoms with Crippen LogP contribution in [0, 0.1) is 0 Å². The zero-order chi connectivity index (χ0) is 18.1. The summed E-state index contributed by atoms with van der Waals surface area (Å²) in [5, 5.41) is 6.61. The van der Waals surface area contributed by atoms with E-state index in [9.17, 15) is 9.59 Å². The van der Waals surface area contributed by atoms with Crippen LogP contribution < -0.4 is 16.2 Å². The molecule has 0 atom stereocenters. The number of rotatable bonds is 5. The lowest BCUT2D eigenvalue weighted by Crippen LogP contribution is -2.45. The summed E-state index contributed by atoms with van der Waals surface area (Å²) < 4.78 is 0. The maximum Gasteiger partial charge on any atom is 0.315 e. The third-order valence-electron chi connectivity index (χ3n) is 5.27. The van der Waals surface area contributed by atoms with Gasteiger partial charge >= 0.3 is 6.03 Å². The molecule has 3 N–H and O–H groups in total. The largest absolute Gasteiger partial charge is 0.334 e. The first-order valence-electron chi connectivity index (χ1n) is 9.07. The minimum atomic E-state index is -0.232. The van der Waals surface area contributed by atoms with E-state index < -0.39 is 0 Å². The number of carbonyl (C=O) groups excluding carboxylic acids is 1. The van der Waals surface area contributed by atoms with Crippen LogP contribution in [0.25, 0.3) is 0 Å². The highest BCUT2D eigenvalue weighted by Gasteiger charge is 2.43. The lowest BCUT2D eigenvalue weighted by Gasteiger charge is -2.18. The number of amides is 2. The minimum absolute atomic E-state index is 0.106. The number of aromatic amines is 1.